The second-order valence-electron chi connectivity index (χ2n) is 6.52. The van der Waals surface area contributed by atoms with Crippen LogP contribution in [0.25, 0.3) is 11.3 Å². The van der Waals surface area contributed by atoms with Gasteiger partial charge in [0.15, 0.2) is 0 Å². The molecule has 1 aromatic heterocycles. The van der Waals surface area contributed by atoms with Gasteiger partial charge in [-0.05, 0) is 44.2 Å². The van der Waals surface area contributed by atoms with Crippen molar-refractivity contribution >= 4 is 23.2 Å². The minimum Gasteiger partial charge on any atom is -0.481 e. The molecule has 3 rings (SSSR count). The van der Waals surface area contributed by atoms with Gasteiger partial charge in [0.25, 0.3) is 5.91 Å². The minimum absolute atomic E-state index is 0.0287. The van der Waals surface area contributed by atoms with Crippen LogP contribution in [0.5, 0.6) is 0 Å². The number of piperidine rings is 1. The number of hydrogen-bond donors (Lipinski definition) is 1. The van der Waals surface area contributed by atoms with E-state index in [0.717, 1.165) is 35.7 Å². The molecule has 0 radical (unpaired) electrons. The van der Waals surface area contributed by atoms with Crippen LogP contribution in [0.2, 0.25) is 0 Å². The van der Waals surface area contributed by atoms with Gasteiger partial charge in [-0.2, -0.15) is 0 Å². The maximum absolute atomic E-state index is 12.7. The van der Waals surface area contributed by atoms with Gasteiger partial charge in [-0.25, -0.2) is 4.98 Å². The van der Waals surface area contributed by atoms with Crippen molar-refractivity contribution in [3.63, 3.8) is 0 Å². The van der Waals surface area contributed by atoms with Gasteiger partial charge in [-0.15, -0.1) is 11.3 Å². The summed E-state index contributed by atoms with van der Waals surface area (Å²) in [5.74, 6) is -0.455. The molecular weight excluding hydrogens is 336 g/mol. The monoisotopic (exact) mass is 358 g/mol. The molecule has 132 valence electrons. The number of hydrogen-bond acceptors (Lipinski definition) is 4. The lowest BCUT2D eigenvalue weighted by Crippen LogP contribution is -2.40. The maximum atomic E-state index is 12.7. The van der Waals surface area contributed by atoms with Gasteiger partial charge in [0.05, 0.1) is 10.7 Å². The Labute approximate surface area is 151 Å². The second-order valence-corrected chi connectivity index (χ2v) is 7.58. The van der Waals surface area contributed by atoms with Crippen molar-refractivity contribution in [3.8, 4) is 11.3 Å². The molecule has 0 bridgehead atoms. The largest absolute Gasteiger partial charge is 0.481 e. The highest BCUT2D eigenvalue weighted by Gasteiger charge is 2.24. The molecule has 1 aliphatic heterocycles. The van der Waals surface area contributed by atoms with Crippen LogP contribution < -0.4 is 0 Å². The van der Waals surface area contributed by atoms with Crippen molar-refractivity contribution in [1.82, 2.24) is 9.88 Å². The van der Waals surface area contributed by atoms with E-state index < -0.39 is 5.97 Å². The number of aromatic nitrogens is 1. The van der Waals surface area contributed by atoms with E-state index >= 15 is 0 Å². The van der Waals surface area contributed by atoms with Crippen LogP contribution in [-0.2, 0) is 4.79 Å². The molecule has 25 heavy (non-hydrogen) atoms. The summed E-state index contributed by atoms with van der Waals surface area (Å²) in [6, 6.07) is 7.58. The molecule has 1 N–H and O–H groups in total. The van der Waals surface area contributed by atoms with Crippen LogP contribution in [0.4, 0.5) is 0 Å². The number of aryl methyl sites for hydroxylation is 1. The van der Waals surface area contributed by atoms with Gasteiger partial charge in [0, 0.05) is 36.0 Å². The summed E-state index contributed by atoms with van der Waals surface area (Å²) >= 11 is 1.61. The number of amides is 1. The summed E-state index contributed by atoms with van der Waals surface area (Å²) in [5.41, 5.74) is 2.63. The highest BCUT2D eigenvalue weighted by atomic mass is 32.1. The Morgan fingerprint density at radius 1 is 1.32 bits per heavy atom. The van der Waals surface area contributed by atoms with E-state index in [4.69, 9.17) is 5.11 Å². The minimum atomic E-state index is -0.767. The fourth-order valence-electron chi connectivity index (χ4n) is 3.27. The number of nitrogens with zero attached hydrogens (tertiary/aromatic N) is 2. The van der Waals surface area contributed by atoms with Gasteiger partial charge in [-0.1, -0.05) is 12.1 Å². The van der Waals surface area contributed by atoms with Crippen LogP contribution in [0, 0.1) is 12.8 Å². The standard InChI is InChI=1S/C19H22N2O3S/c1-13-20-17(12-25-13)15-5-7-16(8-6-15)19(24)21-10-2-3-14(11-21)4-9-18(22)23/h5-8,12,14H,2-4,9-11H2,1H3,(H,22,23). The van der Waals surface area contributed by atoms with Gasteiger partial charge >= 0.3 is 5.97 Å². The summed E-state index contributed by atoms with van der Waals surface area (Å²) in [5, 5.41) is 11.9. The number of benzene rings is 1. The molecule has 0 saturated carbocycles. The van der Waals surface area contributed by atoms with Crippen LogP contribution in [0.15, 0.2) is 29.6 Å². The summed E-state index contributed by atoms with van der Waals surface area (Å²) in [6.45, 7) is 3.37. The van der Waals surface area contributed by atoms with Crippen molar-refractivity contribution in [3.05, 3.63) is 40.2 Å². The molecule has 1 unspecified atom stereocenters. The average Bonchev–Trinajstić information content (AvgIpc) is 3.06. The summed E-state index contributed by atoms with van der Waals surface area (Å²) < 4.78 is 0. The van der Waals surface area contributed by atoms with Crippen LogP contribution in [0.3, 0.4) is 0 Å². The Kier molecular flexibility index (Phi) is 5.48. The molecule has 1 atom stereocenters. The number of carboxylic acid groups (broad SMARTS) is 1. The zero-order valence-corrected chi connectivity index (χ0v) is 15.1. The third-order valence-electron chi connectivity index (χ3n) is 4.62. The number of likely N-dealkylation sites (tertiary alicyclic amines) is 1. The molecule has 1 saturated heterocycles. The Morgan fingerprint density at radius 2 is 2.08 bits per heavy atom. The lowest BCUT2D eigenvalue weighted by molar-refractivity contribution is -0.137. The predicted octanol–water partition coefficient (Wildman–Crippen LogP) is 3.84. The van der Waals surface area contributed by atoms with Crippen molar-refractivity contribution < 1.29 is 14.7 Å². The smallest absolute Gasteiger partial charge is 0.303 e. The first-order valence-corrected chi connectivity index (χ1v) is 9.44. The molecule has 0 spiro atoms. The molecule has 1 fully saturated rings. The zero-order chi connectivity index (χ0) is 17.8. The summed E-state index contributed by atoms with van der Waals surface area (Å²) in [6.07, 6.45) is 2.75. The third-order valence-corrected chi connectivity index (χ3v) is 5.39. The Balaban J connectivity index is 1.65. The number of rotatable bonds is 5. The molecule has 6 heteroatoms. The molecule has 2 heterocycles. The first kappa shape index (κ1) is 17.6. The first-order valence-electron chi connectivity index (χ1n) is 8.56. The lowest BCUT2D eigenvalue weighted by Gasteiger charge is -2.32. The average molecular weight is 358 g/mol. The number of aliphatic carboxylic acids is 1. The number of carboxylic acids is 1. The van der Waals surface area contributed by atoms with E-state index in [2.05, 4.69) is 4.98 Å². The van der Waals surface area contributed by atoms with Gasteiger partial charge in [-0.3, -0.25) is 9.59 Å². The van der Waals surface area contributed by atoms with Gasteiger partial charge in [0.1, 0.15) is 0 Å². The molecular formula is C19H22N2O3S. The van der Waals surface area contributed by atoms with Crippen molar-refractivity contribution in [2.75, 3.05) is 13.1 Å². The number of carbonyl (C=O) groups excluding carboxylic acids is 1. The fraction of sp³-hybridized carbons (Fsp3) is 0.421. The maximum Gasteiger partial charge on any atom is 0.303 e. The van der Waals surface area contributed by atoms with E-state index in [-0.39, 0.29) is 18.2 Å². The summed E-state index contributed by atoms with van der Waals surface area (Å²) in [7, 11) is 0. The normalized spacial score (nSPS) is 17.5. The van der Waals surface area contributed by atoms with Crippen LogP contribution in [0.1, 0.15) is 41.0 Å². The Bertz CT molecular complexity index is 754. The fourth-order valence-corrected chi connectivity index (χ4v) is 3.90. The highest BCUT2D eigenvalue weighted by molar-refractivity contribution is 7.09. The lowest BCUT2D eigenvalue weighted by atomic mass is 9.93. The van der Waals surface area contributed by atoms with Crippen molar-refractivity contribution in [2.45, 2.75) is 32.6 Å². The second kappa shape index (κ2) is 7.78. The third kappa shape index (κ3) is 4.45. The zero-order valence-electron chi connectivity index (χ0n) is 14.3. The van der Waals surface area contributed by atoms with Crippen molar-refractivity contribution in [1.29, 1.82) is 0 Å². The molecule has 5 nitrogen and oxygen atoms in total. The van der Waals surface area contributed by atoms with E-state index in [1.54, 1.807) is 11.3 Å². The summed E-state index contributed by atoms with van der Waals surface area (Å²) in [4.78, 5) is 29.8. The van der Waals surface area contributed by atoms with Crippen molar-refractivity contribution in [2.24, 2.45) is 5.92 Å². The van der Waals surface area contributed by atoms with E-state index in [1.165, 1.54) is 0 Å². The quantitative estimate of drug-likeness (QED) is 0.882. The molecule has 0 aliphatic carbocycles. The predicted molar refractivity (Wildman–Crippen MR) is 97.8 cm³/mol. The highest BCUT2D eigenvalue weighted by Crippen LogP contribution is 2.25. The molecule has 1 aliphatic rings. The molecule has 1 amide bonds. The Hall–Kier alpha value is -2.21. The van der Waals surface area contributed by atoms with Crippen LogP contribution in [-0.4, -0.2) is 40.0 Å². The molecule has 1 aromatic carbocycles. The SMILES string of the molecule is Cc1nc(-c2ccc(C(=O)N3CCCC(CCC(=O)O)C3)cc2)cs1. The Morgan fingerprint density at radius 3 is 2.72 bits per heavy atom. The van der Waals surface area contributed by atoms with Crippen LogP contribution >= 0.6 is 11.3 Å². The number of thiazole rings is 1. The van der Waals surface area contributed by atoms with E-state index in [1.807, 2.05) is 41.5 Å². The molecule has 2 aromatic rings. The van der Waals surface area contributed by atoms with Gasteiger partial charge < -0.3 is 10.0 Å². The number of carbonyl (C=O) groups is 2. The van der Waals surface area contributed by atoms with E-state index in [9.17, 15) is 9.59 Å². The van der Waals surface area contributed by atoms with Gasteiger partial charge in [0.2, 0.25) is 0 Å². The topological polar surface area (TPSA) is 70.5 Å². The van der Waals surface area contributed by atoms with E-state index in [0.29, 0.717) is 18.5 Å². The first-order chi connectivity index (χ1) is 12.0.